The van der Waals surface area contributed by atoms with Crippen molar-refractivity contribution in [2.45, 2.75) is 99.3 Å². The standard InChI is InChI=1S/C24H33N3O2.C9H20OS.C4H6/c1-16-6-5-7-22(18(16)3)26-8-10-27(11-9-26)24(29)15-25(4)23-14-19-13-20(19)21(23)12-17(2)28;1-3-5-6-7-9-11(10)8-4-2;1-3-4-2/h5-7,19-20H,8-15H2,1-4H3;3-9H2,1-2H3;1H,4H2,2H3/t19-,20-;;/m1../s1. The number of fused-ring (bicyclic) bond motifs is 1. The van der Waals surface area contributed by atoms with Crippen molar-refractivity contribution in [2.75, 3.05) is 56.2 Å². The third kappa shape index (κ3) is 12.1. The van der Waals surface area contributed by atoms with E-state index in [9.17, 15) is 13.8 Å². The number of piperazine rings is 1. The van der Waals surface area contributed by atoms with Crippen LogP contribution in [-0.2, 0) is 20.4 Å². The van der Waals surface area contributed by atoms with Gasteiger partial charge in [0.05, 0.1) is 6.54 Å². The number of terminal acetylenes is 1. The minimum absolute atomic E-state index is 0.198. The first-order valence-corrected chi connectivity index (χ1v) is 18.4. The monoisotopic (exact) mass is 625 g/mol. The molecule has 7 heteroatoms. The number of Topliss-reactive ketones (excluding diaryl/α,β-unsaturated/α-hetero) is 1. The lowest BCUT2D eigenvalue weighted by molar-refractivity contribution is -0.132. The lowest BCUT2D eigenvalue weighted by Gasteiger charge is -2.38. The molecule has 2 aliphatic carbocycles. The Labute approximate surface area is 271 Å². The van der Waals surface area contributed by atoms with Crippen LogP contribution in [0.25, 0.3) is 0 Å². The summed E-state index contributed by atoms with van der Waals surface area (Å²) in [7, 11) is 1.49. The van der Waals surface area contributed by atoms with Crippen molar-refractivity contribution in [3.05, 3.63) is 40.6 Å². The first-order valence-electron chi connectivity index (χ1n) is 16.9. The molecular weight excluding hydrogens is 566 g/mol. The van der Waals surface area contributed by atoms with Gasteiger partial charge < -0.3 is 14.7 Å². The maximum Gasteiger partial charge on any atom is 0.242 e. The Morgan fingerprint density at radius 2 is 1.70 bits per heavy atom. The van der Waals surface area contributed by atoms with Crippen molar-refractivity contribution in [2.24, 2.45) is 11.8 Å². The molecule has 3 aliphatic rings. The number of ketones is 1. The van der Waals surface area contributed by atoms with Gasteiger partial charge in [0.2, 0.25) is 5.91 Å². The van der Waals surface area contributed by atoms with Crippen molar-refractivity contribution >= 4 is 28.2 Å². The van der Waals surface area contributed by atoms with Crippen LogP contribution in [0.15, 0.2) is 29.5 Å². The number of unbranched alkanes of at least 4 members (excludes halogenated alkanes) is 3. The Hall–Kier alpha value is -2.59. The van der Waals surface area contributed by atoms with E-state index in [0.717, 1.165) is 69.3 Å². The summed E-state index contributed by atoms with van der Waals surface area (Å²) in [5, 5.41) is 0. The summed E-state index contributed by atoms with van der Waals surface area (Å²) in [6.07, 6.45) is 14.5. The van der Waals surface area contributed by atoms with Gasteiger partial charge in [-0.2, -0.15) is 0 Å². The van der Waals surface area contributed by atoms with Crippen molar-refractivity contribution in [3.8, 4) is 12.3 Å². The highest BCUT2D eigenvalue weighted by Gasteiger charge is 2.47. The van der Waals surface area contributed by atoms with Gasteiger partial charge in [-0.05, 0) is 81.1 Å². The first kappa shape index (κ1) is 37.6. The third-order valence-corrected chi connectivity index (χ3v) is 10.5. The van der Waals surface area contributed by atoms with Crippen LogP contribution in [0.3, 0.4) is 0 Å². The molecule has 246 valence electrons. The third-order valence-electron chi connectivity index (χ3n) is 8.88. The number of benzene rings is 1. The predicted octanol–water partition coefficient (Wildman–Crippen LogP) is 6.91. The molecule has 0 N–H and O–H groups in total. The Kier molecular flexibility index (Phi) is 16.9. The number of anilines is 1. The summed E-state index contributed by atoms with van der Waals surface area (Å²) >= 11 is 0. The SMILES string of the molecule is C#CCC.CC(=O)CC1=C(N(C)CC(=O)N2CCN(c3cccc(C)c3C)CC2)C[C@H]2C[C@@H]12.CCCCCCS(=O)CCC. The molecule has 0 radical (unpaired) electrons. The van der Waals surface area contributed by atoms with Crippen molar-refractivity contribution in [1.82, 2.24) is 9.80 Å². The maximum atomic E-state index is 12.9. The predicted molar refractivity (Wildman–Crippen MR) is 187 cm³/mol. The van der Waals surface area contributed by atoms with E-state index in [1.165, 1.54) is 53.8 Å². The number of rotatable bonds is 13. The summed E-state index contributed by atoms with van der Waals surface area (Å²) in [6, 6.07) is 6.45. The number of hydrogen-bond donors (Lipinski definition) is 0. The molecule has 1 unspecified atom stereocenters. The number of amides is 1. The van der Waals surface area contributed by atoms with Crippen LogP contribution in [-0.4, -0.2) is 77.0 Å². The summed E-state index contributed by atoms with van der Waals surface area (Å²) in [6.45, 7) is 15.9. The Morgan fingerprint density at radius 1 is 1.02 bits per heavy atom. The van der Waals surface area contributed by atoms with Gasteiger partial charge in [0.1, 0.15) is 5.78 Å². The molecule has 1 saturated heterocycles. The number of allylic oxidation sites excluding steroid dienone is 2. The number of carbonyl (C=O) groups excluding carboxylic acids is 2. The van der Waals surface area contributed by atoms with Crippen LogP contribution in [0.2, 0.25) is 0 Å². The zero-order chi connectivity index (χ0) is 32.6. The molecule has 0 aromatic heterocycles. The lowest BCUT2D eigenvalue weighted by atomic mass is 10.0. The van der Waals surface area contributed by atoms with Gasteiger partial charge in [-0.3, -0.25) is 13.8 Å². The van der Waals surface area contributed by atoms with Crippen molar-refractivity contribution < 1.29 is 13.8 Å². The molecule has 6 nitrogen and oxygen atoms in total. The van der Waals surface area contributed by atoms with Crippen LogP contribution < -0.4 is 4.90 Å². The number of nitrogens with zero attached hydrogens (tertiary/aromatic N) is 3. The summed E-state index contributed by atoms with van der Waals surface area (Å²) in [4.78, 5) is 31.1. The van der Waals surface area contributed by atoms with E-state index in [2.05, 4.69) is 61.6 Å². The van der Waals surface area contributed by atoms with Crippen LogP contribution in [0.5, 0.6) is 0 Å². The van der Waals surface area contributed by atoms with E-state index in [1.54, 1.807) is 6.92 Å². The van der Waals surface area contributed by atoms with Gasteiger partial charge in [-0.25, -0.2) is 0 Å². The second kappa shape index (κ2) is 19.7. The molecule has 3 atom stereocenters. The summed E-state index contributed by atoms with van der Waals surface area (Å²) in [5.41, 5.74) is 6.49. The van der Waals surface area contributed by atoms with Gasteiger partial charge in [-0.15, -0.1) is 12.3 Å². The molecule has 1 saturated carbocycles. The molecule has 1 amide bonds. The van der Waals surface area contributed by atoms with E-state index in [1.807, 2.05) is 18.9 Å². The summed E-state index contributed by atoms with van der Waals surface area (Å²) in [5.74, 6) is 6.00. The van der Waals surface area contributed by atoms with E-state index >= 15 is 0 Å². The van der Waals surface area contributed by atoms with Gasteiger partial charge >= 0.3 is 0 Å². The molecule has 0 spiro atoms. The smallest absolute Gasteiger partial charge is 0.242 e. The molecule has 1 aromatic carbocycles. The van der Waals surface area contributed by atoms with Crippen LogP contribution in [0, 0.1) is 38.0 Å². The van der Waals surface area contributed by atoms with Gasteiger partial charge in [0.25, 0.3) is 0 Å². The van der Waals surface area contributed by atoms with E-state index in [4.69, 9.17) is 6.42 Å². The molecule has 2 fully saturated rings. The Morgan fingerprint density at radius 3 is 2.30 bits per heavy atom. The second-order valence-corrected chi connectivity index (χ2v) is 14.3. The van der Waals surface area contributed by atoms with Crippen molar-refractivity contribution in [3.63, 3.8) is 0 Å². The highest BCUT2D eigenvalue weighted by molar-refractivity contribution is 7.84. The highest BCUT2D eigenvalue weighted by atomic mass is 32.2. The fourth-order valence-electron chi connectivity index (χ4n) is 6.09. The molecule has 1 aliphatic heterocycles. The number of carbonyl (C=O) groups is 2. The quantitative estimate of drug-likeness (QED) is 0.176. The Bertz CT molecular complexity index is 1160. The first-order chi connectivity index (χ1) is 21.1. The highest BCUT2D eigenvalue weighted by Crippen LogP contribution is 2.56. The fourth-order valence-corrected chi connectivity index (χ4v) is 7.27. The molecule has 1 heterocycles. The minimum atomic E-state index is -0.524. The Balaban J connectivity index is 0.000000377. The zero-order valence-corrected chi connectivity index (χ0v) is 29.6. The van der Waals surface area contributed by atoms with Crippen LogP contribution >= 0.6 is 0 Å². The number of likely N-dealkylation sites (N-methyl/N-ethyl adjacent to an activating group) is 1. The second-order valence-electron chi connectivity index (χ2n) is 12.6. The van der Waals surface area contributed by atoms with E-state index in [0.29, 0.717) is 18.9 Å². The van der Waals surface area contributed by atoms with Gasteiger partial charge in [-0.1, -0.05) is 52.2 Å². The molecule has 0 bridgehead atoms. The largest absolute Gasteiger partial charge is 0.369 e. The summed E-state index contributed by atoms with van der Waals surface area (Å²) < 4.78 is 11.1. The number of aryl methyl sites for hydroxylation is 1. The normalized spacial score (nSPS) is 19.1. The zero-order valence-electron chi connectivity index (χ0n) is 28.8. The van der Waals surface area contributed by atoms with Crippen LogP contribution in [0.4, 0.5) is 5.69 Å². The molecule has 44 heavy (non-hydrogen) atoms. The lowest BCUT2D eigenvalue weighted by Crippen LogP contribution is -2.51. The van der Waals surface area contributed by atoms with Gasteiger partial charge in [0, 0.05) is 79.8 Å². The average molecular weight is 626 g/mol. The number of hydrogen-bond acceptors (Lipinski definition) is 5. The van der Waals surface area contributed by atoms with Crippen molar-refractivity contribution in [1.29, 1.82) is 0 Å². The molecule has 4 rings (SSSR count). The minimum Gasteiger partial charge on any atom is -0.369 e. The van der Waals surface area contributed by atoms with Crippen LogP contribution in [0.1, 0.15) is 96.6 Å². The maximum absolute atomic E-state index is 12.9. The molecular formula is C37H59N3O3S. The fraction of sp³-hybridized carbons (Fsp3) is 0.676. The molecule has 1 aromatic rings. The topological polar surface area (TPSA) is 60.9 Å². The average Bonchev–Trinajstić information content (AvgIpc) is 3.70. The van der Waals surface area contributed by atoms with Gasteiger partial charge in [0.15, 0.2) is 0 Å². The van der Waals surface area contributed by atoms with E-state index in [-0.39, 0.29) is 11.7 Å². The van der Waals surface area contributed by atoms with E-state index < -0.39 is 10.8 Å².